The summed E-state index contributed by atoms with van der Waals surface area (Å²) in [5.74, 6) is -0.532. The van der Waals surface area contributed by atoms with Gasteiger partial charge in [0.1, 0.15) is 31.0 Å². The van der Waals surface area contributed by atoms with Crippen molar-refractivity contribution >= 4 is 5.97 Å². The molecule has 1 aliphatic rings. The maximum Gasteiger partial charge on any atom is 0.302 e. The molecule has 7 nitrogen and oxygen atoms in total. The van der Waals surface area contributed by atoms with Gasteiger partial charge >= 0.3 is 5.97 Å². The quantitative estimate of drug-likeness (QED) is 0.411. The molecular formula is C11H18O7. The van der Waals surface area contributed by atoms with Crippen LogP contribution in [0.1, 0.15) is 6.92 Å². The number of esters is 1. The molecule has 1 heterocycles. The minimum Gasteiger partial charge on any atom is -0.463 e. The third-order valence-electron chi connectivity index (χ3n) is 2.52. The van der Waals surface area contributed by atoms with E-state index in [9.17, 15) is 20.1 Å². The van der Waals surface area contributed by atoms with Crippen molar-refractivity contribution < 1.29 is 34.3 Å². The van der Waals surface area contributed by atoms with Crippen molar-refractivity contribution in [3.63, 3.8) is 0 Å². The second-order valence-electron chi connectivity index (χ2n) is 3.94. The van der Waals surface area contributed by atoms with Gasteiger partial charge < -0.3 is 29.5 Å². The third-order valence-corrected chi connectivity index (χ3v) is 2.52. The van der Waals surface area contributed by atoms with Crippen LogP contribution >= 0.6 is 0 Å². The fourth-order valence-electron chi connectivity index (χ4n) is 1.63. The lowest BCUT2D eigenvalue weighted by molar-refractivity contribution is -0.293. The summed E-state index contributed by atoms with van der Waals surface area (Å²) in [4.78, 5) is 10.7. The molecule has 1 rings (SSSR count). The van der Waals surface area contributed by atoms with Crippen LogP contribution in [0.3, 0.4) is 0 Å². The monoisotopic (exact) mass is 262 g/mol. The highest BCUT2D eigenvalue weighted by Gasteiger charge is 2.44. The molecule has 0 aromatic rings. The Morgan fingerprint density at radius 2 is 2.06 bits per heavy atom. The lowest BCUT2D eigenvalue weighted by atomic mass is 9.99. The van der Waals surface area contributed by atoms with Gasteiger partial charge in [-0.3, -0.25) is 4.79 Å². The average molecular weight is 262 g/mol. The molecule has 104 valence electrons. The molecule has 0 aliphatic carbocycles. The Labute approximate surface area is 105 Å². The number of aliphatic hydroxyl groups excluding tert-OH is 3. The summed E-state index contributed by atoms with van der Waals surface area (Å²) in [6.45, 7) is 4.53. The van der Waals surface area contributed by atoms with Gasteiger partial charge in [-0.25, -0.2) is 0 Å². The van der Waals surface area contributed by atoms with Gasteiger partial charge in [0.25, 0.3) is 0 Å². The molecule has 0 radical (unpaired) electrons. The Morgan fingerprint density at radius 3 is 2.61 bits per heavy atom. The number of ether oxygens (including phenoxy) is 3. The maximum absolute atomic E-state index is 10.7. The Bertz CT molecular complexity index is 293. The summed E-state index contributed by atoms with van der Waals surface area (Å²) >= 11 is 0. The largest absolute Gasteiger partial charge is 0.463 e. The normalized spacial score (nSPS) is 36.1. The minimum atomic E-state index is -1.51. The summed E-state index contributed by atoms with van der Waals surface area (Å²) in [5, 5.41) is 29.0. The molecule has 1 aliphatic heterocycles. The zero-order chi connectivity index (χ0) is 13.7. The highest BCUT2D eigenvalue weighted by molar-refractivity contribution is 5.65. The van der Waals surface area contributed by atoms with Crippen molar-refractivity contribution in [1.82, 2.24) is 0 Å². The SMILES string of the molecule is C=CCO[C@@H]1[C@H](O)[C@@H](O)O[C@H](COC(C)=O)[C@H]1O. The molecule has 0 unspecified atom stereocenters. The molecule has 0 saturated carbocycles. The van der Waals surface area contributed by atoms with Crippen LogP contribution in [-0.2, 0) is 19.0 Å². The third kappa shape index (κ3) is 3.76. The summed E-state index contributed by atoms with van der Waals surface area (Å²) < 4.78 is 14.8. The van der Waals surface area contributed by atoms with E-state index < -0.39 is 36.7 Å². The highest BCUT2D eigenvalue weighted by atomic mass is 16.7. The number of carbonyl (C=O) groups excluding carboxylic acids is 1. The van der Waals surface area contributed by atoms with E-state index in [0.29, 0.717) is 0 Å². The van der Waals surface area contributed by atoms with Crippen molar-refractivity contribution in [1.29, 1.82) is 0 Å². The predicted molar refractivity (Wildman–Crippen MR) is 59.5 cm³/mol. The Kier molecular flexibility index (Phi) is 5.70. The van der Waals surface area contributed by atoms with E-state index in [1.54, 1.807) is 0 Å². The number of hydrogen-bond donors (Lipinski definition) is 3. The Morgan fingerprint density at radius 1 is 1.39 bits per heavy atom. The van der Waals surface area contributed by atoms with Crippen LogP contribution in [0.15, 0.2) is 12.7 Å². The van der Waals surface area contributed by atoms with E-state index >= 15 is 0 Å². The second kappa shape index (κ2) is 6.81. The van der Waals surface area contributed by atoms with E-state index in [1.807, 2.05) is 0 Å². The lowest BCUT2D eigenvalue weighted by Crippen LogP contribution is -2.59. The van der Waals surface area contributed by atoms with Crippen molar-refractivity contribution in [3.8, 4) is 0 Å². The van der Waals surface area contributed by atoms with Crippen LogP contribution in [-0.4, -0.2) is 65.2 Å². The van der Waals surface area contributed by atoms with Crippen LogP contribution < -0.4 is 0 Å². The summed E-state index contributed by atoms with van der Waals surface area (Å²) in [6.07, 6.45) is -4.66. The fourth-order valence-corrected chi connectivity index (χ4v) is 1.63. The standard InChI is InChI=1S/C11H18O7/c1-3-4-16-10-8(13)7(5-17-6(2)12)18-11(15)9(10)14/h3,7-11,13-15H,1,4-5H2,2H3/t7-,8-,9+,10+,11+/m1/s1. The zero-order valence-electron chi connectivity index (χ0n) is 10.1. The number of aliphatic hydroxyl groups is 3. The number of hydrogen-bond acceptors (Lipinski definition) is 7. The predicted octanol–water partition coefficient (Wildman–Crippen LogP) is -1.44. The van der Waals surface area contributed by atoms with Crippen molar-refractivity contribution in [2.45, 2.75) is 37.6 Å². The van der Waals surface area contributed by atoms with Gasteiger partial charge in [-0.1, -0.05) is 6.08 Å². The molecule has 7 heteroatoms. The fraction of sp³-hybridized carbons (Fsp3) is 0.727. The zero-order valence-corrected chi connectivity index (χ0v) is 10.1. The molecule has 1 fully saturated rings. The molecule has 0 aromatic heterocycles. The molecule has 18 heavy (non-hydrogen) atoms. The molecular weight excluding hydrogens is 244 g/mol. The smallest absolute Gasteiger partial charge is 0.302 e. The molecule has 5 atom stereocenters. The van der Waals surface area contributed by atoms with E-state index in [4.69, 9.17) is 14.2 Å². The molecule has 3 N–H and O–H groups in total. The van der Waals surface area contributed by atoms with Crippen LogP contribution in [0.5, 0.6) is 0 Å². The topological polar surface area (TPSA) is 105 Å². The maximum atomic E-state index is 10.7. The van der Waals surface area contributed by atoms with Gasteiger partial charge in [0.05, 0.1) is 6.61 Å². The summed E-state index contributed by atoms with van der Waals surface area (Å²) in [5.41, 5.74) is 0. The van der Waals surface area contributed by atoms with E-state index in [2.05, 4.69) is 6.58 Å². The Balaban J connectivity index is 2.64. The van der Waals surface area contributed by atoms with E-state index in [-0.39, 0.29) is 13.2 Å². The molecule has 0 spiro atoms. The first-order chi connectivity index (χ1) is 8.47. The van der Waals surface area contributed by atoms with Gasteiger partial charge in [-0.2, -0.15) is 0 Å². The highest BCUT2D eigenvalue weighted by Crippen LogP contribution is 2.22. The molecule has 1 saturated heterocycles. The van der Waals surface area contributed by atoms with Gasteiger partial charge in [0, 0.05) is 6.92 Å². The Hall–Kier alpha value is -0.990. The van der Waals surface area contributed by atoms with Crippen molar-refractivity contribution in [2.75, 3.05) is 13.2 Å². The number of rotatable bonds is 5. The molecule has 0 aromatic carbocycles. The van der Waals surface area contributed by atoms with Gasteiger partial charge in [0.15, 0.2) is 6.29 Å². The first-order valence-electron chi connectivity index (χ1n) is 5.53. The summed E-state index contributed by atoms with van der Waals surface area (Å²) in [6, 6.07) is 0. The van der Waals surface area contributed by atoms with Crippen LogP contribution in [0, 0.1) is 0 Å². The van der Waals surface area contributed by atoms with Crippen molar-refractivity contribution in [2.24, 2.45) is 0 Å². The average Bonchev–Trinajstić information content (AvgIpc) is 2.32. The lowest BCUT2D eigenvalue weighted by Gasteiger charge is -2.40. The van der Waals surface area contributed by atoms with Crippen LogP contribution in [0.4, 0.5) is 0 Å². The van der Waals surface area contributed by atoms with Gasteiger partial charge in [-0.05, 0) is 0 Å². The molecule has 0 amide bonds. The first-order valence-corrected chi connectivity index (χ1v) is 5.53. The first kappa shape index (κ1) is 15.1. The van der Waals surface area contributed by atoms with Gasteiger partial charge in [0.2, 0.25) is 0 Å². The summed E-state index contributed by atoms with van der Waals surface area (Å²) in [7, 11) is 0. The van der Waals surface area contributed by atoms with Gasteiger partial charge in [-0.15, -0.1) is 6.58 Å². The molecule has 0 bridgehead atoms. The van der Waals surface area contributed by atoms with Crippen molar-refractivity contribution in [3.05, 3.63) is 12.7 Å². The number of carbonyl (C=O) groups is 1. The minimum absolute atomic E-state index is 0.103. The van der Waals surface area contributed by atoms with Crippen LogP contribution in [0.25, 0.3) is 0 Å². The van der Waals surface area contributed by atoms with Crippen LogP contribution in [0.2, 0.25) is 0 Å². The second-order valence-corrected chi connectivity index (χ2v) is 3.94. The van der Waals surface area contributed by atoms with E-state index in [0.717, 1.165) is 0 Å². The van der Waals surface area contributed by atoms with E-state index in [1.165, 1.54) is 13.0 Å².